The van der Waals surface area contributed by atoms with Gasteiger partial charge in [-0.1, -0.05) is 41.9 Å². The fourth-order valence-corrected chi connectivity index (χ4v) is 2.74. The highest BCUT2D eigenvalue weighted by atomic mass is 16.5. The van der Waals surface area contributed by atoms with Gasteiger partial charge >= 0.3 is 0 Å². The van der Waals surface area contributed by atoms with Crippen molar-refractivity contribution in [3.05, 3.63) is 47.6 Å². The van der Waals surface area contributed by atoms with Gasteiger partial charge in [0, 0.05) is 0 Å². The van der Waals surface area contributed by atoms with Crippen LogP contribution in [0.2, 0.25) is 0 Å². The molecule has 110 valence electrons. The summed E-state index contributed by atoms with van der Waals surface area (Å²) in [7, 11) is 0. The monoisotopic (exact) mass is 286 g/mol. The third-order valence-corrected chi connectivity index (χ3v) is 4.01. The van der Waals surface area contributed by atoms with Gasteiger partial charge in [0.2, 0.25) is 11.8 Å². The zero-order valence-electron chi connectivity index (χ0n) is 11.7. The van der Waals surface area contributed by atoms with Gasteiger partial charge < -0.3 is 10.3 Å². The molecule has 1 aromatic heterocycles. The van der Waals surface area contributed by atoms with Crippen molar-refractivity contribution in [2.24, 2.45) is 5.73 Å². The molecule has 21 heavy (non-hydrogen) atoms. The van der Waals surface area contributed by atoms with E-state index in [1.807, 2.05) is 18.2 Å². The van der Waals surface area contributed by atoms with Crippen LogP contribution in [0.4, 0.5) is 0 Å². The zero-order chi connectivity index (χ0) is 14.7. The SMILES string of the molecule is NC(=O)CNCc1nc(C2(c3ccccc3)CCC2)no1. The van der Waals surface area contributed by atoms with E-state index in [1.54, 1.807) is 0 Å². The Morgan fingerprint density at radius 3 is 2.71 bits per heavy atom. The van der Waals surface area contributed by atoms with Gasteiger partial charge in [0.25, 0.3) is 0 Å². The fraction of sp³-hybridized carbons (Fsp3) is 0.400. The van der Waals surface area contributed by atoms with Crippen LogP contribution >= 0.6 is 0 Å². The highest BCUT2D eigenvalue weighted by Gasteiger charge is 2.44. The molecule has 6 heteroatoms. The molecule has 0 unspecified atom stereocenters. The molecule has 1 aliphatic rings. The number of nitrogens with one attached hydrogen (secondary N) is 1. The fourth-order valence-electron chi connectivity index (χ4n) is 2.74. The molecule has 2 aromatic rings. The van der Waals surface area contributed by atoms with E-state index in [0.717, 1.165) is 18.7 Å². The molecule has 0 radical (unpaired) electrons. The molecule has 0 atom stereocenters. The lowest BCUT2D eigenvalue weighted by atomic mass is 9.64. The van der Waals surface area contributed by atoms with E-state index in [0.29, 0.717) is 12.4 Å². The van der Waals surface area contributed by atoms with Crippen LogP contribution < -0.4 is 11.1 Å². The third kappa shape index (κ3) is 2.67. The number of amides is 1. The second kappa shape index (κ2) is 5.65. The van der Waals surface area contributed by atoms with Crippen molar-refractivity contribution in [3.63, 3.8) is 0 Å². The molecule has 1 aliphatic carbocycles. The molecule has 0 saturated heterocycles. The summed E-state index contributed by atoms with van der Waals surface area (Å²) in [6.45, 7) is 0.447. The Labute approximate surface area is 122 Å². The topological polar surface area (TPSA) is 94.0 Å². The van der Waals surface area contributed by atoms with Gasteiger partial charge in [0.05, 0.1) is 18.5 Å². The van der Waals surface area contributed by atoms with Crippen molar-refractivity contribution in [2.45, 2.75) is 31.2 Å². The number of hydrogen-bond donors (Lipinski definition) is 2. The lowest BCUT2D eigenvalue weighted by Gasteiger charge is -2.39. The standard InChI is InChI=1S/C15H18N4O2/c16-12(20)9-17-10-13-18-14(19-21-13)15(7-4-8-15)11-5-2-1-3-6-11/h1-3,5-6,17H,4,7-10H2,(H2,16,20). The minimum atomic E-state index is -0.408. The van der Waals surface area contributed by atoms with Crippen LogP contribution in [0, 0.1) is 0 Å². The van der Waals surface area contributed by atoms with Crippen LogP contribution in [0.1, 0.15) is 36.5 Å². The lowest BCUT2D eigenvalue weighted by Crippen LogP contribution is -2.36. The summed E-state index contributed by atoms with van der Waals surface area (Å²) >= 11 is 0. The summed E-state index contributed by atoms with van der Waals surface area (Å²) in [5, 5.41) is 7.01. The Bertz CT molecular complexity index is 620. The van der Waals surface area contributed by atoms with Crippen LogP contribution in [0.15, 0.2) is 34.9 Å². The number of hydrogen-bond acceptors (Lipinski definition) is 5. The van der Waals surface area contributed by atoms with E-state index in [4.69, 9.17) is 10.3 Å². The molecule has 1 amide bonds. The third-order valence-electron chi connectivity index (χ3n) is 4.01. The summed E-state index contributed by atoms with van der Waals surface area (Å²) in [6, 6.07) is 10.3. The Morgan fingerprint density at radius 2 is 2.10 bits per heavy atom. The average Bonchev–Trinajstić information content (AvgIpc) is 2.87. The second-order valence-electron chi connectivity index (χ2n) is 5.38. The van der Waals surface area contributed by atoms with Gasteiger partial charge in [-0.05, 0) is 18.4 Å². The summed E-state index contributed by atoms with van der Waals surface area (Å²) in [5.74, 6) is 0.804. The van der Waals surface area contributed by atoms with Crippen molar-refractivity contribution in [2.75, 3.05) is 6.54 Å². The first kappa shape index (κ1) is 13.8. The Hall–Kier alpha value is -2.21. The number of nitrogens with zero attached hydrogens (tertiary/aromatic N) is 2. The number of carbonyl (C=O) groups excluding carboxylic acids is 1. The number of carbonyl (C=O) groups is 1. The van der Waals surface area contributed by atoms with E-state index in [-0.39, 0.29) is 12.0 Å². The number of primary amides is 1. The van der Waals surface area contributed by atoms with E-state index < -0.39 is 5.91 Å². The van der Waals surface area contributed by atoms with Crippen LogP contribution in [0.5, 0.6) is 0 Å². The van der Waals surface area contributed by atoms with Gasteiger partial charge in [0.1, 0.15) is 0 Å². The molecule has 1 heterocycles. The molecule has 3 rings (SSSR count). The summed E-state index contributed by atoms with van der Waals surface area (Å²) in [5.41, 5.74) is 6.18. The van der Waals surface area contributed by atoms with Crippen LogP contribution in [0.3, 0.4) is 0 Å². The predicted octanol–water partition coefficient (Wildman–Crippen LogP) is 1.11. The molecule has 1 saturated carbocycles. The summed E-state index contributed by atoms with van der Waals surface area (Å²) < 4.78 is 5.27. The molecule has 0 spiro atoms. The summed E-state index contributed by atoms with van der Waals surface area (Å²) in [6.07, 6.45) is 3.23. The average molecular weight is 286 g/mol. The van der Waals surface area contributed by atoms with E-state index in [1.165, 1.54) is 12.0 Å². The first-order chi connectivity index (χ1) is 10.2. The van der Waals surface area contributed by atoms with E-state index in [2.05, 4.69) is 27.6 Å². The van der Waals surface area contributed by atoms with Gasteiger partial charge in [-0.15, -0.1) is 0 Å². The van der Waals surface area contributed by atoms with Crippen LogP contribution in [-0.4, -0.2) is 22.6 Å². The van der Waals surface area contributed by atoms with Gasteiger partial charge in [0.15, 0.2) is 5.82 Å². The van der Waals surface area contributed by atoms with Crippen LogP contribution in [-0.2, 0) is 16.8 Å². The predicted molar refractivity (Wildman–Crippen MR) is 76.3 cm³/mol. The van der Waals surface area contributed by atoms with Gasteiger partial charge in [-0.25, -0.2) is 0 Å². The molecular formula is C15H18N4O2. The molecule has 0 aliphatic heterocycles. The van der Waals surface area contributed by atoms with Crippen LogP contribution in [0.25, 0.3) is 0 Å². The highest BCUT2D eigenvalue weighted by Crippen LogP contribution is 2.47. The molecule has 1 aromatic carbocycles. The Morgan fingerprint density at radius 1 is 1.33 bits per heavy atom. The van der Waals surface area contributed by atoms with E-state index >= 15 is 0 Å². The highest BCUT2D eigenvalue weighted by molar-refractivity contribution is 5.75. The van der Waals surface area contributed by atoms with E-state index in [9.17, 15) is 4.79 Å². The van der Waals surface area contributed by atoms with Crippen molar-refractivity contribution in [1.29, 1.82) is 0 Å². The Kier molecular flexibility index (Phi) is 3.70. The maximum absolute atomic E-state index is 10.7. The van der Waals surface area contributed by atoms with Gasteiger partial charge in [-0.2, -0.15) is 4.98 Å². The quantitative estimate of drug-likeness (QED) is 0.829. The van der Waals surface area contributed by atoms with Crippen molar-refractivity contribution < 1.29 is 9.32 Å². The van der Waals surface area contributed by atoms with Crippen molar-refractivity contribution >= 4 is 5.91 Å². The van der Waals surface area contributed by atoms with Crippen molar-refractivity contribution in [1.82, 2.24) is 15.5 Å². The maximum Gasteiger partial charge on any atom is 0.240 e. The second-order valence-corrected chi connectivity index (χ2v) is 5.38. The maximum atomic E-state index is 10.7. The Balaban J connectivity index is 1.77. The number of nitrogens with two attached hydrogens (primary N) is 1. The molecule has 0 bridgehead atoms. The zero-order valence-corrected chi connectivity index (χ0v) is 11.7. The number of rotatable bonds is 6. The molecule has 1 fully saturated rings. The molecule has 6 nitrogen and oxygen atoms in total. The molecular weight excluding hydrogens is 268 g/mol. The molecule has 3 N–H and O–H groups in total. The minimum absolute atomic E-state index is 0.0988. The first-order valence-electron chi connectivity index (χ1n) is 7.08. The summed E-state index contributed by atoms with van der Waals surface area (Å²) in [4.78, 5) is 15.2. The lowest BCUT2D eigenvalue weighted by molar-refractivity contribution is -0.117. The van der Waals surface area contributed by atoms with Gasteiger partial charge in [-0.3, -0.25) is 10.1 Å². The number of benzene rings is 1. The smallest absolute Gasteiger partial charge is 0.240 e. The normalized spacial score (nSPS) is 16.4. The minimum Gasteiger partial charge on any atom is -0.369 e. The number of aromatic nitrogens is 2. The van der Waals surface area contributed by atoms with Crippen molar-refractivity contribution in [3.8, 4) is 0 Å². The largest absolute Gasteiger partial charge is 0.369 e. The first-order valence-corrected chi connectivity index (χ1v) is 7.08.